The summed E-state index contributed by atoms with van der Waals surface area (Å²) in [6.07, 6.45) is 5.14. The number of ether oxygens (including phenoxy) is 6. The standard InChI is InChI=1S/C23H32N2O4.C16H18Cl2N2O4.C16H17N3O5S.C15H18N4O7S/c1-7-16-13-15(3)14-17(8-2)18(16)19-20(26)24-9-11-28-12-10-25(24)21(19)29-22(27)23(4,5)6;1-4-23-14(21)12-9-16(3,15(22)24-5-2)20(19-12)13-7-6-10(17)8-11(13)18;1-9-10(15(20)11-8-17-19(2)16(11)21)4-5-13(25(3,22)23)14(9)12-6-7-24-18-12;1-4-9-26-14-16-19(15(22)18(14)2)13(21)17-27(23,24)11-8-6-5-7-10(11)12(20)25-3/h13-14H,7-12H2,1-6H3;6-8H,4-5,9H2,1-3H3;4-5,8,21H,6-7H2,1-3H3;5-8H,4,9H2,1-3H3,(H,17,21). The molecule has 6 heterocycles. The average Bonchev–Trinajstić information content (AvgIpc) is 1.76. The molecule has 0 bridgehead atoms. The van der Waals surface area contributed by atoms with Crippen molar-refractivity contribution in [2.45, 2.75) is 137 Å². The highest BCUT2D eigenvalue weighted by molar-refractivity contribution is 7.91. The molecule has 35 heteroatoms. The van der Waals surface area contributed by atoms with Crippen molar-refractivity contribution >= 4 is 95.9 Å². The third-order valence-electron chi connectivity index (χ3n) is 16.4. The molecule has 0 saturated carbocycles. The van der Waals surface area contributed by atoms with Gasteiger partial charge in [0.05, 0.1) is 91.7 Å². The summed E-state index contributed by atoms with van der Waals surface area (Å²) in [6.45, 7) is 23.1. The summed E-state index contributed by atoms with van der Waals surface area (Å²) in [4.78, 5) is 104. The van der Waals surface area contributed by atoms with Crippen molar-refractivity contribution < 1.29 is 84.0 Å². The van der Waals surface area contributed by atoms with Crippen LogP contribution >= 0.6 is 23.2 Å². The SMILES string of the molecule is CCCOc1nn(C(=O)NS(=O)(=O)c2ccccc2C(=O)OC)c(=O)n1C.CCOC(=O)C1=NN(c2ccc(Cl)cc2Cl)C(C)(C(=O)OCC)C1.CCc1cc(C)cc(CC)c1-c1c(OC(=O)C(C)(C)C)n2n(c1=O)CCOCC2.Cc1c(C(=O)c2cnn(C)c2O)ccc(S(C)(=O)=O)c1C1=NOCC1. The summed E-state index contributed by atoms with van der Waals surface area (Å²) >= 11 is 12.2. The molecule has 1 amide bonds. The van der Waals surface area contributed by atoms with Crippen molar-refractivity contribution in [1.82, 2.24) is 38.2 Å². The number of nitrogens with zero attached hydrogens (tertiary/aromatic N) is 10. The molecule has 0 saturated heterocycles. The minimum absolute atomic E-state index is 0.0493. The van der Waals surface area contributed by atoms with Crippen molar-refractivity contribution in [2.24, 2.45) is 29.8 Å². The Kier molecular flexibility index (Phi) is 27.3. The van der Waals surface area contributed by atoms with Gasteiger partial charge >= 0.3 is 41.6 Å². The number of aryl methyl sites for hydroxylation is 4. The van der Waals surface area contributed by atoms with E-state index >= 15 is 0 Å². The van der Waals surface area contributed by atoms with Crippen molar-refractivity contribution in [1.29, 1.82) is 0 Å². The van der Waals surface area contributed by atoms with Crippen LogP contribution in [0.3, 0.4) is 0 Å². The molecule has 0 radical (unpaired) electrons. The fourth-order valence-electron chi connectivity index (χ4n) is 11.1. The molecule has 7 aromatic rings. The topological polar surface area (TPSA) is 380 Å². The summed E-state index contributed by atoms with van der Waals surface area (Å²) in [6, 6.07) is 15.6. The van der Waals surface area contributed by atoms with Gasteiger partial charge in [-0.2, -0.15) is 10.2 Å². The van der Waals surface area contributed by atoms with E-state index in [9.17, 15) is 60.3 Å². The molecule has 2 N–H and O–H groups in total. The Bertz CT molecular complexity index is 4890. The molecule has 566 valence electrons. The van der Waals surface area contributed by atoms with Crippen LogP contribution in [-0.4, -0.2) is 161 Å². The second-order valence-electron chi connectivity index (χ2n) is 25.1. The normalized spacial score (nSPS) is 14.8. The van der Waals surface area contributed by atoms with Crippen LogP contribution in [0, 0.1) is 19.3 Å². The van der Waals surface area contributed by atoms with Crippen LogP contribution in [0.4, 0.5) is 10.5 Å². The minimum atomic E-state index is -4.48. The smallest absolute Gasteiger partial charge is 0.360 e. The van der Waals surface area contributed by atoms with Gasteiger partial charge < -0.3 is 38.4 Å². The van der Waals surface area contributed by atoms with E-state index in [2.05, 4.69) is 58.1 Å². The number of anilines is 1. The maximum atomic E-state index is 13.5. The number of hydrogen-bond donors (Lipinski definition) is 2. The summed E-state index contributed by atoms with van der Waals surface area (Å²) in [5.41, 5.74) is 3.89. The lowest BCUT2D eigenvalue weighted by atomic mass is 9.91. The number of halogens is 2. The lowest BCUT2D eigenvalue weighted by molar-refractivity contribution is -0.148. The number of nitrogens with one attached hydrogen (secondary N) is 1. The number of hydrogen-bond acceptors (Lipinski definition) is 25. The molecule has 0 aliphatic carbocycles. The zero-order valence-corrected chi connectivity index (χ0v) is 64.0. The first-order valence-corrected chi connectivity index (χ1v) is 37.3. The maximum absolute atomic E-state index is 13.5. The Morgan fingerprint density at radius 1 is 0.781 bits per heavy atom. The van der Waals surface area contributed by atoms with Gasteiger partial charge in [-0.3, -0.25) is 14.4 Å². The second kappa shape index (κ2) is 34.8. The molecule has 3 aliphatic rings. The van der Waals surface area contributed by atoms with E-state index in [1.54, 1.807) is 60.0 Å². The van der Waals surface area contributed by atoms with E-state index in [0.29, 0.717) is 94.4 Å². The monoisotopic (exact) mass is 1530 g/mol. The zero-order chi connectivity index (χ0) is 77.8. The third kappa shape index (κ3) is 18.6. The predicted molar refractivity (Wildman–Crippen MR) is 388 cm³/mol. The molecule has 0 fully saturated rings. The highest BCUT2D eigenvalue weighted by atomic mass is 35.5. The number of hydrazone groups is 1. The van der Waals surface area contributed by atoms with Crippen LogP contribution in [0.2, 0.25) is 10.0 Å². The predicted octanol–water partition coefficient (Wildman–Crippen LogP) is 8.47. The second-order valence-corrected chi connectivity index (χ2v) is 29.6. The van der Waals surface area contributed by atoms with Gasteiger partial charge in [0.25, 0.3) is 15.6 Å². The Morgan fingerprint density at radius 3 is 1.99 bits per heavy atom. The molecule has 10 rings (SSSR count). The first-order chi connectivity index (χ1) is 49.5. The molecule has 4 aromatic carbocycles. The van der Waals surface area contributed by atoms with Crippen LogP contribution in [-0.2, 0) is 98.1 Å². The van der Waals surface area contributed by atoms with Crippen LogP contribution < -0.4 is 30.5 Å². The first kappa shape index (κ1) is 82.3. The van der Waals surface area contributed by atoms with Gasteiger partial charge in [0.15, 0.2) is 21.2 Å². The van der Waals surface area contributed by atoms with E-state index in [1.165, 1.54) is 65.9 Å². The molecule has 1 atom stereocenters. The van der Waals surface area contributed by atoms with E-state index in [1.807, 2.05) is 27.7 Å². The number of rotatable bonds is 19. The fourth-order valence-corrected chi connectivity index (χ4v) is 13.7. The number of aromatic hydroxyl groups is 1. The highest BCUT2D eigenvalue weighted by Gasteiger charge is 2.50. The van der Waals surface area contributed by atoms with Crippen LogP contribution in [0.15, 0.2) is 103 Å². The maximum Gasteiger partial charge on any atom is 0.360 e. The first-order valence-electron chi connectivity index (χ1n) is 33.2. The summed E-state index contributed by atoms with van der Waals surface area (Å²) in [5, 5.41) is 27.8. The number of sulfone groups is 1. The summed E-state index contributed by atoms with van der Waals surface area (Å²) < 4.78 is 88.3. The molecule has 3 aromatic heterocycles. The van der Waals surface area contributed by atoms with Crippen LogP contribution in [0.5, 0.6) is 17.8 Å². The van der Waals surface area contributed by atoms with Crippen molar-refractivity contribution in [3.8, 4) is 28.9 Å². The number of carbonyl (C=O) groups is 6. The number of fused-ring (bicyclic) bond motifs is 1. The number of benzene rings is 4. The van der Waals surface area contributed by atoms with Crippen LogP contribution in [0.25, 0.3) is 11.1 Å². The minimum Gasteiger partial charge on any atom is -0.493 e. The van der Waals surface area contributed by atoms with Crippen molar-refractivity contribution in [3.05, 3.63) is 148 Å². The lowest BCUT2D eigenvalue weighted by Gasteiger charge is -2.32. The third-order valence-corrected chi connectivity index (χ3v) is 19.5. The Morgan fingerprint density at radius 2 is 1.43 bits per heavy atom. The number of oxime groups is 1. The molecule has 105 heavy (non-hydrogen) atoms. The molecule has 31 nitrogen and oxygen atoms in total. The number of methoxy groups -OCH3 is 1. The van der Waals surface area contributed by atoms with E-state index in [-0.39, 0.29) is 77.0 Å². The highest BCUT2D eigenvalue weighted by Crippen LogP contribution is 2.40. The fraction of sp³-hybridized carbons (Fsp3) is 0.429. The number of ketones is 1. The van der Waals surface area contributed by atoms with Gasteiger partial charge in [-0.05, 0) is 139 Å². The molecule has 3 aliphatic heterocycles. The largest absolute Gasteiger partial charge is 0.493 e. The van der Waals surface area contributed by atoms with Crippen LogP contribution in [0.1, 0.15) is 136 Å². The lowest BCUT2D eigenvalue weighted by Crippen LogP contribution is -2.48. The number of amides is 1. The quantitative estimate of drug-likeness (QED) is 0.0435. The van der Waals surface area contributed by atoms with Gasteiger partial charge in [0.1, 0.15) is 28.3 Å². The zero-order valence-electron chi connectivity index (χ0n) is 60.9. The summed E-state index contributed by atoms with van der Waals surface area (Å²) in [5.74, 6) is -2.67. The van der Waals surface area contributed by atoms with Crippen molar-refractivity contribution in [2.75, 3.05) is 58.0 Å². The van der Waals surface area contributed by atoms with Gasteiger partial charge in [-0.1, -0.05) is 79.0 Å². The van der Waals surface area contributed by atoms with Gasteiger partial charge in [-0.25, -0.2) is 69.2 Å². The molecular formula is C70H85Cl2N11O20S2. The number of aromatic nitrogens is 7. The molecular weight excluding hydrogens is 1450 g/mol. The van der Waals surface area contributed by atoms with E-state index < -0.39 is 71.1 Å². The van der Waals surface area contributed by atoms with E-state index in [0.717, 1.165) is 53.5 Å². The van der Waals surface area contributed by atoms with Crippen molar-refractivity contribution in [3.63, 3.8) is 0 Å². The Labute approximate surface area is 616 Å². The molecule has 0 spiro atoms. The van der Waals surface area contributed by atoms with Gasteiger partial charge in [0, 0.05) is 49.3 Å². The number of sulfonamides is 1. The molecule has 1 unspecified atom stereocenters. The van der Waals surface area contributed by atoms with Gasteiger partial charge in [0.2, 0.25) is 11.8 Å². The Balaban J connectivity index is 0.000000196. The number of esters is 4. The average molecular weight is 1540 g/mol. The summed E-state index contributed by atoms with van der Waals surface area (Å²) in [7, 11) is -4.07. The van der Waals surface area contributed by atoms with Gasteiger partial charge in [-0.15, -0.1) is 9.78 Å². The Hall–Kier alpha value is -9.96. The van der Waals surface area contributed by atoms with E-state index in [4.69, 9.17) is 51.7 Å². The number of carbonyl (C=O) groups excluding carboxylic acids is 6.